The molecule has 0 aliphatic rings. The summed E-state index contributed by atoms with van der Waals surface area (Å²) in [6.07, 6.45) is 5.68. The average molecular weight is 789 g/mol. The largest absolute Gasteiger partial charge is 0.512 e. The van der Waals surface area contributed by atoms with Crippen molar-refractivity contribution in [3.8, 4) is 11.3 Å². The van der Waals surface area contributed by atoms with Crippen LogP contribution in [-0.4, -0.2) is 15.9 Å². The van der Waals surface area contributed by atoms with Crippen LogP contribution < -0.4 is 0 Å². The van der Waals surface area contributed by atoms with Gasteiger partial charge in [0.2, 0.25) is 0 Å². The van der Waals surface area contributed by atoms with E-state index in [1.54, 1.807) is 0 Å². The van der Waals surface area contributed by atoms with Gasteiger partial charge in [-0.3, -0.25) is 9.78 Å². The monoisotopic (exact) mass is 789 g/mol. The molecule has 2 aromatic carbocycles. The van der Waals surface area contributed by atoms with Gasteiger partial charge in [0.15, 0.2) is 5.78 Å². The van der Waals surface area contributed by atoms with E-state index < -0.39 is 0 Å². The average Bonchev–Trinajstić information content (AvgIpc) is 3.37. The molecule has 1 radical (unpaired) electrons. The Hall–Kier alpha value is -2.75. The Balaban J connectivity index is 0.000000343. The van der Waals surface area contributed by atoms with Crippen LogP contribution >= 0.6 is 0 Å². The molecule has 0 spiro atoms. The van der Waals surface area contributed by atoms with Crippen molar-refractivity contribution in [3.63, 3.8) is 0 Å². The van der Waals surface area contributed by atoms with Crippen molar-refractivity contribution in [2.75, 3.05) is 0 Å². The maximum absolute atomic E-state index is 12.2. The zero-order chi connectivity index (χ0) is 33.0. The summed E-state index contributed by atoms with van der Waals surface area (Å²) in [5, 5.41) is 12.5. The molecule has 0 bridgehead atoms. The number of aromatic nitrogens is 1. The molecule has 4 rings (SSSR count). The first kappa shape index (κ1) is 38.4. The molecule has 4 nitrogen and oxygen atoms in total. The normalized spacial score (nSPS) is 12.3. The molecular weight excluding hydrogens is 735 g/mol. The Labute approximate surface area is 285 Å². The van der Waals surface area contributed by atoms with Crippen LogP contribution in [-0.2, 0) is 31.3 Å². The van der Waals surface area contributed by atoms with E-state index in [1.165, 1.54) is 28.2 Å². The maximum atomic E-state index is 12.2. The molecule has 0 saturated heterocycles. The number of hydrogen-bond donors (Lipinski definition) is 1. The van der Waals surface area contributed by atoms with E-state index in [1.807, 2.05) is 41.5 Å². The Morgan fingerprint density at radius 2 is 1.49 bits per heavy atom. The number of benzene rings is 2. The summed E-state index contributed by atoms with van der Waals surface area (Å²) in [4.78, 5) is 17.2. The van der Waals surface area contributed by atoms with Gasteiger partial charge < -0.3 is 9.52 Å². The first-order chi connectivity index (χ1) is 20.6. The van der Waals surface area contributed by atoms with Crippen molar-refractivity contribution in [1.82, 2.24) is 4.98 Å². The van der Waals surface area contributed by atoms with Crippen molar-refractivity contribution in [2.24, 2.45) is 16.7 Å². The van der Waals surface area contributed by atoms with Crippen molar-refractivity contribution in [3.05, 3.63) is 76.2 Å². The molecule has 247 valence electrons. The zero-order valence-corrected chi connectivity index (χ0v) is 32.0. The molecule has 0 atom stereocenters. The topological polar surface area (TPSA) is 63.3 Å². The molecule has 45 heavy (non-hydrogen) atoms. The third kappa shape index (κ3) is 8.74. The summed E-state index contributed by atoms with van der Waals surface area (Å²) in [6, 6.07) is 14.4. The first-order valence-electron chi connectivity index (χ1n) is 16.4. The van der Waals surface area contributed by atoms with Crippen LogP contribution in [0.2, 0.25) is 0 Å². The predicted octanol–water partition coefficient (Wildman–Crippen LogP) is 11.5. The van der Waals surface area contributed by atoms with Crippen LogP contribution in [0.15, 0.2) is 46.6 Å². The molecule has 0 aliphatic carbocycles. The van der Waals surface area contributed by atoms with E-state index in [4.69, 9.17) is 9.40 Å². The molecule has 4 aromatic rings. The van der Waals surface area contributed by atoms with E-state index in [9.17, 15) is 9.90 Å². The summed E-state index contributed by atoms with van der Waals surface area (Å²) in [6.45, 7) is 25.0. The summed E-state index contributed by atoms with van der Waals surface area (Å²) in [7, 11) is 0. The number of carbonyl (C=O) groups is 1. The smallest absolute Gasteiger partial charge is 0.164 e. The number of hydrogen-bond acceptors (Lipinski definition) is 4. The molecule has 1 N–H and O–H groups in total. The van der Waals surface area contributed by atoms with E-state index >= 15 is 0 Å². The number of ketones is 1. The zero-order valence-electron chi connectivity index (χ0n) is 29.6. The van der Waals surface area contributed by atoms with Gasteiger partial charge >= 0.3 is 0 Å². The van der Waals surface area contributed by atoms with Gasteiger partial charge in [-0.2, -0.15) is 0 Å². The Bertz CT molecular complexity index is 1630. The minimum atomic E-state index is -0.337. The predicted molar refractivity (Wildman–Crippen MR) is 186 cm³/mol. The number of aliphatic hydroxyl groups is 1. The Kier molecular flexibility index (Phi) is 13.4. The fraction of sp³-hybridized carbons (Fsp3) is 0.500. The number of pyridine rings is 1. The number of fused-ring (bicyclic) bond motifs is 3. The molecule has 5 heteroatoms. The van der Waals surface area contributed by atoms with Crippen LogP contribution in [0.25, 0.3) is 33.1 Å². The number of aliphatic hydroxyl groups excluding tert-OH is 1. The fourth-order valence-corrected chi connectivity index (χ4v) is 5.75. The second-order valence-electron chi connectivity index (χ2n) is 13.7. The molecule has 2 heterocycles. The van der Waals surface area contributed by atoms with Crippen molar-refractivity contribution in [1.29, 1.82) is 0 Å². The van der Waals surface area contributed by atoms with E-state index in [0.717, 1.165) is 71.2 Å². The molecule has 0 amide bonds. The summed E-state index contributed by atoms with van der Waals surface area (Å²) >= 11 is 0. The number of nitrogens with zero attached hydrogens (tertiary/aromatic N) is 1. The van der Waals surface area contributed by atoms with Gasteiger partial charge in [0.05, 0.1) is 5.52 Å². The van der Waals surface area contributed by atoms with Gasteiger partial charge in [0.25, 0.3) is 0 Å². The van der Waals surface area contributed by atoms with Crippen molar-refractivity contribution >= 4 is 27.7 Å². The minimum Gasteiger partial charge on any atom is -0.512 e. The third-order valence-corrected chi connectivity index (χ3v) is 9.57. The third-order valence-electron chi connectivity index (χ3n) is 9.57. The number of rotatable bonds is 10. The van der Waals surface area contributed by atoms with Crippen LogP contribution in [0.3, 0.4) is 0 Å². The minimum absolute atomic E-state index is 0. The molecule has 2 aromatic heterocycles. The second kappa shape index (κ2) is 15.7. The van der Waals surface area contributed by atoms with E-state index in [2.05, 4.69) is 77.9 Å². The molecule has 0 unspecified atom stereocenters. The van der Waals surface area contributed by atoms with Crippen molar-refractivity contribution in [2.45, 2.75) is 115 Å². The Morgan fingerprint density at radius 1 is 0.911 bits per heavy atom. The van der Waals surface area contributed by atoms with Gasteiger partial charge in [0.1, 0.15) is 17.1 Å². The Morgan fingerprint density at radius 3 is 2.02 bits per heavy atom. The standard InChI is InChI=1S/C25H26NO.C15H28O2.Ir/c1-14(2)7-20-13-21-23-18(6)9-17(5)12-22(23)26-24(25(21)27-20)19-10-15(3)8-16(4)11-19;1-7-14(5,8-2)12(16)11-13(17)15(6,9-3)10-4;/h8-10,12-14H,7H2,1-6H3;11,16H,7-10H2,1-6H3;/q-1;;/b;12-11-;. The summed E-state index contributed by atoms with van der Waals surface area (Å²) < 4.78 is 6.36. The van der Waals surface area contributed by atoms with E-state index in [0.29, 0.717) is 5.92 Å². The van der Waals surface area contributed by atoms with Crippen LogP contribution in [0.4, 0.5) is 0 Å². The van der Waals surface area contributed by atoms with Crippen LogP contribution in [0.1, 0.15) is 109 Å². The van der Waals surface area contributed by atoms with E-state index in [-0.39, 0.29) is 42.5 Å². The number of furan rings is 1. The number of aryl methyl sites for hydroxylation is 4. The van der Waals surface area contributed by atoms with Gasteiger partial charge in [-0.15, -0.1) is 34.9 Å². The quantitative estimate of drug-likeness (QED) is 0.0987. The summed E-state index contributed by atoms with van der Waals surface area (Å²) in [5.41, 5.74) is 8.01. The van der Waals surface area contributed by atoms with Crippen LogP contribution in [0, 0.1) is 50.5 Å². The number of carbonyl (C=O) groups excluding carboxylic acids is 1. The van der Waals surface area contributed by atoms with Gasteiger partial charge in [-0.25, -0.2) is 0 Å². The van der Waals surface area contributed by atoms with Gasteiger partial charge in [-0.05, 0) is 68.7 Å². The molecule has 0 saturated carbocycles. The molecule has 0 fully saturated rings. The fourth-order valence-electron chi connectivity index (χ4n) is 5.75. The maximum Gasteiger partial charge on any atom is 0.164 e. The van der Waals surface area contributed by atoms with Gasteiger partial charge in [-0.1, -0.05) is 75.3 Å². The van der Waals surface area contributed by atoms with Crippen LogP contribution in [0.5, 0.6) is 0 Å². The number of allylic oxidation sites excluding steroid dienone is 2. The first-order valence-corrected chi connectivity index (χ1v) is 16.4. The van der Waals surface area contributed by atoms with Crippen molar-refractivity contribution < 1.29 is 34.4 Å². The molecular formula is C40H54IrNO3-. The summed E-state index contributed by atoms with van der Waals surface area (Å²) in [5.74, 6) is 1.86. The molecule has 0 aliphatic heterocycles. The SMILES string of the molecule is CCC(C)(CC)C(=O)/C=C(\O)C(C)(CC)CC.Cc1[c-]c(-c2nc3cc(C)cc(C)c3c3cc(CC(C)C)oc23)cc(C)c1.[Ir]. The van der Waals surface area contributed by atoms with Gasteiger partial charge in [0, 0.05) is 59.9 Å². The second-order valence-corrected chi connectivity index (χ2v) is 13.7.